The lowest BCUT2D eigenvalue weighted by molar-refractivity contribution is 0.0665. The van der Waals surface area contributed by atoms with E-state index in [2.05, 4.69) is 4.98 Å². The number of likely N-dealkylation sites (tertiary alicyclic amines) is 1. The lowest BCUT2D eigenvalue weighted by Gasteiger charge is -2.22. The predicted octanol–water partition coefficient (Wildman–Crippen LogP) is 2.47. The van der Waals surface area contributed by atoms with Gasteiger partial charge < -0.3 is 15.1 Å². The fraction of sp³-hybridized carbons (Fsp3) is 0.238. The lowest BCUT2D eigenvalue weighted by atomic mass is 10.0. The van der Waals surface area contributed by atoms with Gasteiger partial charge >= 0.3 is 0 Å². The fourth-order valence-corrected chi connectivity index (χ4v) is 3.61. The molecule has 132 valence electrons. The molecule has 1 aliphatic heterocycles. The number of para-hydroxylation sites is 1. The zero-order valence-corrected chi connectivity index (χ0v) is 14.2. The molecule has 2 atom stereocenters. The molecule has 0 saturated carbocycles. The minimum atomic E-state index is -0.572. The average molecular weight is 348 g/mol. The van der Waals surface area contributed by atoms with E-state index in [-0.39, 0.29) is 25.1 Å². The summed E-state index contributed by atoms with van der Waals surface area (Å²) in [4.78, 5) is 18.7. The van der Waals surface area contributed by atoms with Gasteiger partial charge in [0.15, 0.2) is 0 Å². The van der Waals surface area contributed by atoms with Crippen molar-refractivity contribution in [2.75, 3.05) is 13.2 Å². The molecule has 26 heavy (non-hydrogen) atoms. The second-order valence-corrected chi connectivity index (χ2v) is 6.64. The van der Waals surface area contributed by atoms with Crippen molar-refractivity contribution in [1.29, 1.82) is 0 Å². The number of amides is 1. The van der Waals surface area contributed by atoms with Crippen molar-refractivity contribution in [2.24, 2.45) is 0 Å². The molecule has 4 rings (SSSR count). The molecule has 0 spiro atoms. The van der Waals surface area contributed by atoms with Gasteiger partial charge in [-0.2, -0.15) is 0 Å². The third-order valence-corrected chi connectivity index (χ3v) is 4.94. The van der Waals surface area contributed by atoms with Crippen molar-refractivity contribution in [3.8, 4) is 11.1 Å². The smallest absolute Gasteiger partial charge is 0.254 e. The number of aromatic nitrogens is 1. The molecule has 1 saturated heterocycles. The van der Waals surface area contributed by atoms with E-state index in [1.165, 1.54) is 0 Å². The monoisotopic (exact) mass is 348 g/mol. The van der Waals surface area contributed by atoms with Crippen LogP contribution in [-0.4, -0.2) is 51.3 Å². The highest BCUT2D eigenvalue weighted by Gasteiger charge is 2.34. The molecule has 0 radical (unpaired) electrons. The Bertz CT molecular complexity index is 934. The third kappa shape index (κ3) is 2.96. The van der Waals surface area contributed by atoms with Crippen LogP contribution >= 0.6 is 0 Å². The quantitative estimate of drug-likeness (QED) is 0.763. The largest absolute Gasteiger partial charge is 0.394 e. The van der Waals surface area contributed by atoms with Gasteiger partial charge in [-0.05, 0) is 30.2 Å². The van der Waals surface area contributed by atoms with Crippen molar-refractivity contribution in [1.82, 2.24) is 9.88 Å². The normalized spacial score (nSPS) is 19.8. The average Bonchev–Trinajstić information content (AvgIpc) is 3.08. The first-order valence-corrected chi connectivity index (χ1v) is 8.71. The molecule has 0 aliphatic carbocycles. The van der Waals surface area contributed by atoms with Gasteiger partial charge in [0.25, 0.3) is 5.91 Å². The van der Waals surface area contributed by atoms with Crippen molar-refractivity contribution in [3.05, 3.63) is 66.4 Å². The number of aliphatic hydroxyl groups is 2. The maximum Gasteiger partial charge on any atom is 0.254 e. The Hall–Kier alpha value is -2.76. The Morgan fingerprint density at radius 2 is 1.88 bits per heavy atom. The Balaban J connectivity index is 1.64. The van der Waals surface area contributed by atoms with Gasteiger partial charge in [-0.15, -0.1) is 0 Å². The van der Waals surface area contributed by atoms with E-state index in [4.69, 9.17) is 0 Å². The number of fused-ring (bicyclic) bond motifs is 1. The zero-order valence-electron chi connectivity index (χ0n) is 14.2. The SMILES string of the molecule is O=C(c1ccc(-c2cccc3cccnc23)cc1)N1C[C@@H](O)C[C@H]1CO. The summed E-state index contributed by atoms with van der Waals surface area (Å²) in [7, 11) is 0. The molecule has 1 aliphatic rings. The van der Waals surface area contributed by atoms with Gasteiger partial charge in [0.05, 0.1) is 24.3 Å². The molecule has 2 heterocycles. The summed E-state index contributed by atoms with van der Waals surface area (Å²) in [5, 5.41) is 20.3. The maximum atomic E-state index is 12.7. The van der Waals surface area contributed by atoms with Crippen LogP contribution in [0.15, 0.2) is 60.8 Å². The Morgan fingerprint density at radius 1 is 1.12 bits per heavy atom. The van der Waals surface area contributed by atoms with Crippen LogP contribution < -0.4 is 0 Å². The van der Waals surface area contributed by atoms with Crippen LogP contribution in [0.5, 0.6) is 0 Å². The van der Waals surface area contributed by atoms with Crippen molar-refractivity contribution < 1.29 is 15.0 Å². The standard InChI is InChI=1S/C21H20N2O3/c24-13-17-11-18(25)12-23(17)21(26)16-8-6-14(7-9-16)19-5-1-3-15-4-2-10-22-20(15)19/h1-10,17-18,24-25H,11-13H2/t17-,18-/m0/s1. The Morgan fingerprint density at radius 3 is 2.65 bits per heavy atom. The zero-order chi connectivity index (χ0) is 18.1. The molecule has 1 aromatic heterocycles. The van der Waals surface area contributed by atoms with E-state index < -0.39 is 6.10 Å². The number of hydrogen-bond acceptors (Lipinski definition) is 4. The molecule has 5 heteroatoms. The number of benzene rings is 2. The molecular weight excluding hydrogens is 328 g/mol. The van der Waals surface area contributed by atoms with E-state index in [0.717, 1.165) is 22.0 Å². The molecule has 0 unspecified atom stereocenters. The molecule has 2 N–H and O–H groups in total. The van der Waals surface area contributed by atoms with Gasteiger partial charge in [0, 0.05) is 29.3 Å². The Labute approximate surface area is 151 Å². The minimum absolute atomic E-state index is 0.136. The van der Waals surface area contributed by atoms with Crippen LogP contribution in [0.25, 0.3) is 22.0 Å². The van der Waals surface area contributed by atoms with E-state index in [9.17, 15) is 15.0 Å². The molecule has 3 aromatic rings. The van der Waals surface area contributed by atoms with Gasteiger partial charge in [0.2, 0.25) is 0 Å². The summed E-state index contributed by atoms with van der Waals surface area (Å²) >= 11 is 0. The van der Waals surface area contributed by atoms with Crippen molar-refractivity contribution >= 4 is 16.8 Å². The number of carbonyl (C=O) groups excluding carboxylic acids is 1. The van der Waals surface area contributed by atoms with Gasteiger partial charge in [0.1, 0.15) is 0 Å². The number of aliphatic hydroxyl groups excluding tert-OH is 2. The van der Waals surface area contributed by atoms with E-state index in [0.29, 0.717) is 12.0 Å². The second kappa shape index (κ2) is 6.86. The first-order chi connectivity index (χ1) is 12.7. The first kappa shape index (κ1) is 16.7. The maximum absolute atomic E-state index is 12.7. The molecule has 0 bridgehead atoms. The molecule has 2 aromatic carbocycles. The van der Waals surface area contributed by atoms with Crippen molar-refractivity contribution in [3.63, 3.8) is 0 Å². The number of rotatable bonds is 3. The number of pyridine rings is 1. The van der Waals surface area contributed by atoms with E-state index in [1.54, 1.807) is 23.2 Å². The van der Waals surface area contributed by atoms with Crippen molar-refractivity contribution in [2.45, 2.75) is 18.6 Å². The summed E-state index contributed by atoms with van der Waals surface area (Å²) in [6.07, 6.45) is 1.62. The van der Waals surface area contributed by atoms with Crippen LogP contribution in [0, 0.1) is 0 Å². The van der Waals surface area contributed by atoms with Crippen LogP contribution in [0.4, 0.5) is 0 Å². The summed E-state index contributed by atoms with van der Waals surface area (Å²) in [6.45, 7) is 0.127. The minimum Gasteiger partial charge on any atom is -0.394 e. The highest BCUT2D eigenvalue weighted by molar-refractivity contribution is 5.97. The van der Waals surface area contributed by atoms with E-state index in [1.807, 2.05) is 42.5 Å². The lowest BCUT2D eigenvalue weighted by Crippen LogP contribution is -2.37. The second-order valence-electron chi connectivity index (χ2n) is 6.64. The summed E-state index contributed by atoms with van der Waals surface area (Å²) in [6, 6.07) is 17.1. The summed E-state index contributed by atoms with van der Waals surface area (Å²) < 4.78 is 0. The number of nitrogens with zero attached hydrogens (tertiary/aromatic N) is 2. The van der Waals surface area contributed by atoms with Crippen LogP contribution in [0.1, 0.15) is 16.8 Å². The van der Waals surface area contributed by atoms with Crippen LogP contribution in [0.3, 0.4) is 0 Å². The van der Waals surface area contributed by atoms with Crippen LogP contribution in [-0.2, 0) is 0 Å². The fourth-order valence-electron chi connectivity index (χ4n) is 3.61. The Kier molecular flexibility index (Phi) is 4.41. The topological polar surface area (TPSA) is 73.7 Å². The number of β-amino-alcohol motifs (C(OH)–C–C–N with tert-alkyl or cyclic N) is 1. The van der Waals surface area contributed by atoms with E-state index >= 15 is 0 Å². The summed E-state index contributed by atoms with van der Waals surface area (Å²) in [5.41, 5.74) is 3.49. The highest BCUT2D eigenvalue weighted by atomic mass is 16.3. The highest BCUT2D eigenvalue weighted by Crippen LogP contribution is 2.28. The van der Waals surface area contributed by atoms with Crippen LogP contribution in [0.2, 0.25) is 0 Å². The van der Waals surface area contributed by atoms with Gasteiger partial charge in [-0.1, -0.05) is 36.4 Å². The molecular formula is C21H20N2O3. The number of carbonyl (C=O) groups is 1. The van der Waals surface area contributed by atoms with Gasteiger partial charge in [-0.3, -0.25) is 9.78 Å². The predicted molar refractivity (Wildman–Crippen MR) is 99.7 cm³/mol. The first-order valence-electron chi connectivity index (χ1n) is 8.71. The van der Waals surface area contributed by atoms with Gasteiger partial charge in [-0.25, -0.2) is 0 Å². The molecule has 5 nitrogen and oxygen atoms in total. The number of hydrogen-bond donors (Lipinski definition) is 2. The molecule has 1 amide bonds. The molecule has 1 fully saturated rings. The summed E-state index contributed by atoms with van der Waals surface area (Å²) in [5.74, 6) is -0.164. The third-order valence-electron chi connectivity index (χ3n) is 4.94.